The maximum Gasteiger partial charge on any atom is 0.00602 e. The van der Waals surface area contributed by atoms with Gasteiger partial charge in [-0.2, -0.15) is 0 Å². The van der Waals surface area contributed by atoms with Gasteiger partial charge in [-0.15, -0.1) is 11.4 Å². The van der Waals surface area contributed by atoms with E-state index in [2.05, 4.69) is 32.2 Å². The van der Waals surface area contributed by atoms with Crippen LogP contribution in [-0.4, -0.2) is 18.1 Å². The summed E-state index contributed by atoms with van der Waals surface area (Å²) in [5, 5.41) is -0.961. The zero-order chi connectivity index (χ0) is 8.74. The average molecular weight is 210 g/mol. The number of hydrogen-bond acceptors (Lipinski definition) is 2. The van der Waals surface area contributed by atoms with Gasteiger partial charge in [0.15, 0.2) is 0 Å². The first-order chi connectivity index (χ1) is 5.18. The Labute approximate surface area is 80.3 Å². The molecule has 0 aromatic heterocycles. The molecule has 68 valence electrons. The molecule has 0 nitrogen and oxygen atoms in total. The minimum Gasteiger partial charge on any atom is -0.124 e. The summed E-state index contributed by atoms with van der Waals surface area (Å²) in [6, 6.07) is 0. The molecule has 0 fully saturated rings. The summed E-state index contributed by atoms with van der Waals surface area (Å²) in [7, 11) is 0. The molecule has 0 N–H and O–H groups in total. The van der Waals surface area contributed by atoms with E-state index in [1.54, 1.807) is 0 Å². The topological polar surface area (TPSA) is 0 Å². The molecule has 3 heteroatoms. The van der Waals surface area contributed by atoms with E-state index in [0.29, 0.717) is 0 Å². The van der Waals surface area contributed by atoms with Gasteiger partial charge in [-0.25, -0.2) is 0 Å². The lowest BCUT2D eigenvalue weighted by molar-refractivity contribution is 0.898. The van der Waals surface area contributed by atoms with Crippen LogP contribution in [0.3, 0.4) is 0 Å². The maximum absolute atomic E-state index is 5.59. The number of unbranched alkanes of at least 4 members (excludes halogenated alkanes) is 1. The highest BCUT2D eigenvalue weighted by Gasteiger charge is 2.10. The maximum atomic E-state index is 5.59. The van der Waals surface area contributed by atoms with Gasteiger partial charge in [-0.1, -0.05) is 39.0 Å². The van der Waals surface area contributed by atoms with Gasteiger partial charge in [0.05, 0.1) is 0 Å². The van der Waals surface area contributed by atoms with E-state index in [1.807, 2.05) is 0 Å². The summed E-state index contributed by atoms with van der Waals surface area (Å²) in [5.74, 6) is 1.29. The van der Waals surface area contributed by atoms with Crippen LogP contribution in [0.25, 0.3) is 0 Å². The Morgan fingerprint density at radius 2 is 1.73 bits per heavy atom. The largest absolute Gasteiger partial charge is 0.124 e. The van der Waals surface area contributed by atoms with Crippen molar-refractivity contribution in [3.63, 3.8) is 0 Å². The standard InChI is InChI=1S/C8H19PS2/c1-4-7-8-11-9(10,5-2)6-3/h4-8H2,1-3H3. The molecule has 0 aliphatic heterocycles. The third kappa shape index (κ3) is 5.27. The molecule has 0 bridgehead atoms. The van der Waals surface area contributed by atoms with Crippen molar-refractivity contribution in [1.29, 1.82) is 0 Å². The molecule has 0 aromatic carbocycles. The highest BCUT2D eigenvalue weighted by atomic mass is 32.9. The molecular formula is C8H19PS2. The summed E-state index contributed by atoms with van der Waals surface area (Å²) in [6.07, 6.45) is 5.10. The van der Waals surface area contributed by atoms with Gasteiger partial charge in [-0.05, 0) is 24.5 Å². The van der Waals surface area contributed by atoms with Gasteiger partial charge in [0.2, 0.25) is 0 Å². The number of rotatable bonds is 6. The third-order valence-electron chi connectivity index (χ3n) is 1.79. The van der Waals surface area contributed by atoms with Crippen LogP contribution in [0.15, 0.2) is 0 Å². The van der Waals surface area contributed by atoms with Crippen LogP contribution in [0.2, 0.25) is 0 Å². The van der Waals surface area contributed by atoms with E-state index in [0.717, 1.165) is 0 Å². The van der Waals surface area contributed by atoms with Crippen molar-refractivity contribution >= 4 is 28.4 Å². The molecule has 0 aliphatic carbocycles. The lowest BCUT2D eigenvalue weighted by Gasteiger charge is -2.16. The molecule has 0 rings (SSSR count). The lowest BCUT2D eigenvalue weighted by Crippen LogP contribution is -1.86. The van der Waals surface area contributed by atoms with Crippen molar-refractivity contribution in [3.8, 4) is 0 Å². The summed E-state index contributed by atoms with van der Waals surface area (Å²) < 4.78 is 0. The van der Waals surface area contributed by atoms with E-state index < -0.39 is 5.24 Å². The van der Waals surface area contributed by atoms with Crippen molar-refractivity contribution in [2.24, 2.45) is 0 Å². The Hall–Kier alpha value is 1.00. The monoisotopic (exact) mass is 210 g/mol. The molecule has 11 heavy (non-hydrogen) atoms. The highest BCUT2D eigenvalue weighted by Crippen LogP contribution is 2.58. The zero-order valence-electron chi connectivity index (χ0n) is 7.80. The van der Waals surface area contributed by atoms with Gasteiger partial charge in [-0.3, -0.25) is 0 Å². The zero-order valence-corrected chi connectivity index (χ0v) is 10.3. The predicted octanol–water partition coefficient (Wildman–Crippen LogP) is 3.95. The predicted molar refractivity (Wildman–Crippen MR) is 62.7 cm³/mol. The van der Waals surface area contributed by atoms with Crippen molar-refractivity contribution in [1.82, 2.24) is 0 Å². The first-order valence-corrected chi connectivity index (χ1v) is 9.17. The fourth-order valence-electron chi connectivity index (χ4n) is 0.781. The van der Waals surface area contributed by atoms with Crippen LogP contribution in [0.5, 0.6) is 0 Å². The second kappa shape index (κ2) is 6.51. The smallest absolute Gasteiger partial charge is 0.00602 e. The van der Waals surface area contributed by atoms with Crippen molar-refractivity contribution in [2.45, 2.75) is 33.6 Å². The molecule has 0 spiro atoms. The second-order valence-corrected chi connectivity index (χ2v) is 11.9. The van der Waals surface area contributed by atoms with E-state index >= 15 is 0 Å². The molecule has 0 amide bonds. The van der Waals surface area contributed by atoms with Crippen molar-refractivity contribution in [3.05, 3.63) is 0 Å². The van der Waals surface area contributed by atoms with Crippen molar-refractivity contribution in [2.75, 3.05) is 18.1 Å². The highest BCUT2D eigenvalue weighted by molar-refractivity contribution is 8.70. The normalized spacial score (nSPS) is 11.9. The molecule has 0 saturated heterocycles. The van der Waals surface area contributed by atoms with Gasteiger partial charge in [0, 0.05) is 5.24 Å². The van der Waals surface area contributed by atoms with Crippen LogP contribution in [-0.2, 0) is 11.8 Å². The lowest BCUT2D eigenvalue weighted by atomic mass is 10.4. The van der Waals surface area contributed by atoms with E-state index in [4.69, 9.17) is 11.8 Å². The number of hydrogen-bond donors (Lipinski definition) is 0. The van der Waals surface area contributed by atoms with Crippen LogP contribution in [0, 0.1) is 0 Å². The van der Waals surface area contributed by atoms with E-state index in [1.165, 1.54) is 30.9 Å². The van der Waals surface area contributed by atoms with Crippen LogP contribution in [0.1, 0.15) is 33.6 Å². The minimum absolute atomic E-state index is 0.961. The van der Waals surface area contributed by atoms with Crippen LogP contribution >= 0.6 is 16.6 Å². The fourth-order valence-corrected chi connectivity index (χ4v) is 5.50. The van der Waals surface area contributed by atoms with E-state index in [9.17, 15) is 0 Å². The molecule has 0 aliphatic rings. The van der Waals surface area contributed by atoms with Crippen LogP contribution in [0.4, 0.5) is 0 Å². The Morgan fingerprint density at radius 3 is 2.09 bits per heavy atom. The first kappa shape index (κ1) is 12.0. The third-order valence-corrected chi connectivity index (χ3v) is 10.7. The summed E-state index contributed by atoms with van der Waals surface area (Å²) >= 11 is 7.67. The van der Waals surface area contributed by atoms with E-state index in [-0.39, 0.29) is 0 Å². The van der Waals surface area contributed by atoms with Gasteiger partial charge < -0.3 is 0 Å². The summed E-state index contributed by atoms with van der Waals surface area (Å²) in [5.41, 5.74) is 0. The Kier molecular flexibility index (Phi) is 7.10. The molecule has 0 radical (unpaired) electrons. The SMILES string of the molecule is CCCCSP(=S)(CC)CC. The quantitative estimate of drug-likeness (QED) is 0.481. The molecule has 0 heterocycles. The van der Waals surface area contributed by atoms with Gasteiger partial charge in [0.1, 0.15) is 0 Å². The second-order valence-electron chi connectivity index (χ2n) is 2.63. The Bertz CT molecular complexity index is 126. The van der Waals surface area contributed by atoms with Crippen molar-refractivity contribution < 1.29 is 0 Å². The Morgan fingerprint density at radius 1 is 1.18 bits per heavy atom. The summed E-state index contributed by atoms with van der Waals surface area (Å²) in [6.45, 7) is 6.72. The fraction of sp³-hybridized carbons (Fsp3) is 1.00. The van der Waals surface area contributed by atoms with Gasteiger partial charge >= 0.3 is 0 Å². The van der Waals surface area contributed by atoms with Crippen LogP contribution < -0.4 is 0 Å². The molecular weight excluding hydrogens is 191 g/mol. The molecule has 0 atom stereocenters. The van der Waals surface area contributed by atoms with Gasteiger partial charge in [0.25, 0.3) is 0 Å². The minimum atomic E-state index is -0.961. The Balaban J connectivity index is 3.61. The first-order valence-electron chi connectivity index (χ1n) is 4.41. The molecule has 0 saturated carbocycles. The summed E-state index contributed by atoms with van der Waals surface area (Å²) in [4.78, 5) is 0. The average Bonchev–Trinajstić information content (AvgIpc) is 2.05. The molecule has 0 unspecified atom stereocenters. The molecule has 0 aromatic rings.